The van der Waals surface area contributed by atoms with Gasteiger partial charge < -0.3 is 5.32 Å². The fraction of sp³-hybridized carbons (Fsp3) is 0.917. The number of hydrogen-bond acceptors (Lipinski definition) is 2. The topological polar surface area (TPSA) is 32.3 Å². The summed E-state index contributed by atoms with van der Waals surface area (Å²) in [5.41, 5.74) is 0. The Kier molecular flexibility index (Phi) is 8.38. The molecule has 1 amide bonds. The van der Waals surface area contributed by atoms with Crippen LogP contribution < -0.4 is 5.32 Å². The van der Waals surface area contributed by atoms with Gasteiger partial charge in [-0.2, -0.15) is 0 Å². The standard InChI is InChI=1S/C12H26N2O/c1-5-14(6-2)10-12(15)13-9-7-8-11(3)4/h11H,5-10H2,1-4H3,(H,13,15). The minimum atomic E-state index is 0.155. The molecular formula is C12H26N2O. The van der Waals surface area contributed by atoms with Gasteiger partial charge in [0.1, 0.15) is 0 Å². The van der Waals surface area contributed by atoms with Crippen molar-refractivity contribution in [3.8, 4) is 0 Å². The average Bonchev–Trinajstić information content (AvgIpc) is 2.20. The molecule has 0 aromatic heterocycles. The normalized spacial score (nSPS) is 11.1. The van der Waals surface area contributed by atoms with Crippen LogP contribution in [0.5, 0.6) is 0 Å². The molecule has 0 aliphatic heterocycles. The van der Waals surface area contributed by atoms with Gasteiger partial charge in [0.25, 0.3) is 0 Å². The third-order valence-electron chi connectivity index (χ3n) is 2.54. The quantitative estimate of drug-likeness (QED) is 0.626. The monoisotopic (exact) mass is 214 g/mol. The van der Waals surface area contributed by atoms with Crippen LogP contribution >= 0.6 is 0 Å². The number of hydrogen-bond donors (Lipinski definition) is 1. The van der Waals surface area contributed by atoms with Gasteiger partial charge in [0.2, 0.25) is 5.91 Å². The SMILES string of the molecule is CCN(CC)CC(=O)NCCCC(C)C. The molecule has 0 atom stereocenters. The molecule has 0 heterocycles. The lowest BCUT2D eigenvalue weighted by Crippen LogP contribution is -2.37. The van der Waals surface area contributed by atoms with E-state index in [-0.39, 0.29) is 5.91 Å². The second-order valence-corrected chi connectivity index (χ2v) is 4.35. The fourth-order valence-corrected chi connectivity index (χ4v) is 1.44. The van der Waals surface area contributed by atoms with Gasteiger partial charge in [0.05, 0.1) is 6.54 Å². The van der Waals surface area contributed by atoms with Crippen LogP contribution in [0.3, 0.4) is 0 Å². The van der Waals surface area contributed by atoms with Crippen molar-refractivity contribution in [2.75, 3.05) is 26.2 Å². The van der Waals surface area contributed by atoms with E-state index in [9.17, 15) is 4.79 Å². The van der Waals surface area contributed by atoms with E-state index in [0.29, 0.717) is 6.54 Å². The maximum Gasteiger partial charge on any atom is 0.234 e. The van der Waals surface area contributed by atoms with Gasteiger partial charge in [-0.1, -0.05) is 27.7 Å². The van der Waals surface area contributed by atoms with Gasteiger partial charge in [-0.25, -0.2) is 0 Å². The molecule has 0 saturated carbocycles. The molecule has 15 heavy (non-hydrogen) atoms. The molecule has 0 unspecified atom stereocenters. The number of rotatable bonds is 8. The summed E-state index contributed by atoms with van der Waals surface area (Å²) in [6.45, 7) is 11.8. The Morgan fingerprint density at radius 2 is 1.87 bits per heavy atom. The Bertz CT molecular complexity index is 165. The van der Waals surface area contributed by atoms with Gasteiger partial charge in [-0.3, -0.25) is 9.69 Å². The largest absolute Gasteiger partial charge is 0.355 e. The second-order valence-electron chi connectivity index (χ2n) is 4.35. The zero-order valence-corrected chi connectivity index (χ0v) is 10.7. The van der Waals surface area contributed by atoms with E-state index in [1.807, 2.05) is 0 Å². The fourth-order valence-electron chi connectivity index (χ4n) is 1.44. The molecule has 0 aromatic rings. The molecule has 0 saturated heterocycles. The summed E-state index contributed by atoms with van der Waals surface area (Å²) in [5.74, 6) is 0.882. The van der Waals surface area contributed by atoms with Crippen molar-refractivity contribution in [2.24, 2.45) is 5.92 Å². The first kappa shape index (κ1) is 14.4. The van der Waals surface area contributed by atoms with E-state index >= 15 is 0 Å². The summed E-state index contributed by atoms with van der Waals surface area (Å²) in [4.78, 5) is 13.6. The summed E-state index contributed by atoms with van der Waals surface area (Å²) in [5, 5.41) is 2.96. The smallest absolute Gasteiger partial charge is 0.234 e. The van der Waals surface area contributed by atoms with Crippen LogP contribution in [-0.2, 0) is 4.79 Å². The van der Waals surface area contributed by atoms with Crippen molar-refractivity contribution < 1.29 is 4.79 Å². The maximum atomic E-state index is 11.5. The molecular weight excluding hydrogens is 188 g/mol. The lowest BCUT2D eigenvalue weighted by molar-refractivity contribution is -0.122. The predicted octanol–water partition coefficient (Wildman–Crippen LogP) is 1.88. The van der Waals surface area contributed by atoms with Crippen LogP contribution in [0.1, 0.15) is 40.5 Å². The molecule has 0 fully saturated rings. The molecule has 90 valence electrons. The van der Waals surface area contributed by atoms with Crippen LogP contribution in [-0.4, -0.2) is 37.0 Å². The van der Waals surface area contributed by atoms with Gasteiger partial charge in [0, 0.05) is 6.54 Å². The van der Waals surface area contributed by atoms with Crippen molar-refractivity contribution >= 4 is 5.91 Å². The minimum Gasteiger partial charge on any atom is -0.355 e. The van der Waals surface area contributed by atoms with Crippen molar-refractivity contribution in [1.82, 2.24) is 10.2 Å². The van der Waals surface area contributed by atoms with Gasteiger partial charge in [-0.15, -0.1) is 0 Å². The molecule has 0 rings (SSSR count). The van der Waals surface area contributed by atoms with E-state index in [0.717, 1.165) is 32.0 Å². The Labute approximate surface area is 94.2 Å². The third kappa shape index (κ3) is 8.43. The number of nitrogens with zero attached hydrogens (tertiary/aromatic N) is 1. The predicted molar refractivity (Wildman–Crippen MR) is 64.9 cm³/mol. The highest BCUT2D eigenvalue weighted by Gasteiger charge is 2.05. The van der Waals surface area contributed by atoms with E-state index in [4.69, 9.17) is 0 Å². The van der Waals surface area contributed by atoms with Crippen LogP contribution in [0.25, 0.3) is 0 Å². The highest BCUT2D eigenvalue weighted by molar-refractivity contribution is 5.77. The van der Waals surface area contributed by atoms with Crippen molar-refractivity contribution in [3.63, 3.8) is 0 Å². The minimum absolute atomic E-state index is 0.155. The molecule has 3 heteroatoms. The molecule has 0 bridgehead atoms. The lowest BCUT2D eigenvalue weighted by Gasteiger charge is -2.17. The number of nitrogens with one attached hydrogen (secondary N) is 1. The van der Waals surface area contributed by atoms with Gasteiger partial charge in [0.15, 0.2) is 0 Å². The summed E-state index contributed by atoms with van der Waals surface area (Å²) >= 11 is 0. The number of likely N-dealkylation sites (N-methyl/N-ethyl adjacent to an activating group) is 1. The highest BCUT2D eigenvalue weighted by Crippen LogP contribution is 2.01. The zero-order valence-electron chi connectivity index (χ0n) is 10.7. The third-order valence-corrected chi connectivity index (χ3v) is 2.54. The number of carbonyl (C=O) groups excluding carboxylic acids is 1. The van der Waals surface area contributed by atoms with Crippen LogP contribution in [0.4, 0.5) is 0 Å². The van der Waals surface area contributed by atoms with Gasteiger partial charge in [-0.05, 0) is 31.8 Å². The summed E-state index contributed by atoms with van der Waals surface area (Å²) in [6.07, 6.45) is 2.27. The van der Waals surface area contributed by atoms with Crippen LogP contribution in [0.2, 0.25) is 0 Å². The summed E-state index contributed by atoms with van der Waals surface area (Å²) in [6, 6.07) is 0. The summed E-state index contributed by atoms with van der Waals surface area (Å²) < 4.78 is 0. The molecule has 0 spiro atoms. The molecule has 0 aliphatic carbocycles. The molecule has 0 radical (unpaired) electrons. The molecule has 1 N–H and O–H groups in total. The Morgan fingerprint density at radius 3 is 2.33 bits per heavy atom. The lowest BCUT2D eigenvalue weighted by atomic mass is 10.1. The second kappa shape index (κ2) is 8.72. The molecule has 0 aliphatic rings. The first-order valence-electron chi connectivity index (χ1n) is 6.09. The Balaban J connectivity index is 3.48. The van der Waals surface area contributed by atoms with Crippen molar-refractivity contribution in [1.29, 1.82) is 0 Å². The first-order chi connectivity index (χ1) is 7.10. The number of amides is 1. The van der Waals surface area contributed by atoms with E-state index < -0.39 is 0 Å². The Morgan fingerprint density at radius 1 is 1.27 bits per heavy atom. The number of carbonyl (C=O) groups is 1. The van der Waals surface area contributed by atoms with Crippen LogP contribution in [0.15, 0.2) is 0 Å². The average molecular weight is 214 g/mol. The maximum absolute atomic E-state index is 11.5. The molecule has 0 aromatic carbocycles. The Hall–Kier alpha value is -0.570. The zero-order chi connectivity index (χ0) is 11.7. The van der Waals surface area contributed by atoms with Crippen LogP contribution in [0, 0.1) is 5.92 Å². The van der Waals surface area contributed by atoms with E-state index in [1.54, 1.807) is 0 Å². The highest BCUT2D eigenvalue weighted by atomic mass is 16.2. The van der Waals surface area contributed by atoms with E-state index in [1.165, 1.54) is 6.42 Å². The van der Waals surface area contributed by atoms with Crippen molar-refractivity contribution in [2.45, 2.75) is 40.5 Å². The summed E-state index contributed by atoms with van der Waals surface area (Å²) in [7, 11) is 0. The van der Waals surface area contributed by atoms with Gasteiger partial charge >= 0.3 is 0 Å². The van der Waals surface area contributed by atoms with E-state index in [2.05, 4.69) is 37.9 Å². The van der Waals surface area contributed by atoms with Crippen molar-refractivity contribution in [3.05, 3.63) is 0 Å². The molecule has 3 nitrogen and oxygen atoms in total. The first-order valence-corrected chi connectivity index (χ1v) is 6.09.